The van der Waals surface area contributed by atoms with Gasteiger partial charge >= 0.3 is 10.1 Å². The van der Waals surface area contributed by atoms with E-state index >= 15 is 0 Å². The van der Waals surface area contributed by atoms with Crippen LogP contribution in [0.4, 0.5) is 5.69 Å². The standard InChI is InChI=1S/C37H26N4O6S/c1-45-30-22-16-28(17-23-30)36-40-39-35(46-36)27-14-18-29(19-15-27)41-34(26-8-4-2-5-9-26)38-33(37(41)42)24-25-12-20-31(21-13-25)47-48(43,44)32-10-6-3-7-11-32/h2-24H,1H3/b33-24-. The van der Waals surface area contributed by atoms with Gasteiger partial charge in [0.1, 0.15) is 27.9 Å². The second-order valence-electron chi connectivity index (χ2n) is 10.6. The van der Waals surface area contributed by atoms with E-state index in [-0.39, 0.29) is 22.2 Å². The molecule has 0 bridgehead atoms. The predicted octanol–water partition coefficient (Wildman–Crippen LogP) is 7.01. The highest BCUT2D eigenvalue weighted by atomic mass is 32.2. The fraction of sp³-hybridized carbons (Fsp3) is 0.0270. The average Bonchev–Trinajstić information content (AvgIpc) is 3.75. The van der Waals surface area contributed by atoms with Crippen LogP contribution in [0, 0.1) is 0 Å². The van der Waals surface area contributed by atoms with Gasteiger partial charge in [-0.25, -0.2) is 4.99 Å². The first-order valence-electron chi connectivity index (χ1n) is 14.8. The van der Waals surface area contributed by atoms with Crippen molar-refractivity contribution in [1.82, 2.24) is 10.2 Å². The van der Waals surface area contributed by atoms with Crippen molar-refractivity contribution in [3.05, 3.63) is 150 Å². The van der Waals surface area contributed by atoms with E-state index in [4.69, 9.17) is 18.3 Å². The van der Waals surface area contributed by atoms with Crippen LogP contribution >= 0.6 is 0 Å². The fourth-order valence-electron chi connectivity index (χ4n) is 5.02. The molecule has 5 aromatic carbocycles. The van der Waals surface area contributed by atoms with Gasteiger partial charge in [-0.1, -0.05) is 60.7 Å². The highest BCUT2D eigenvalue weighted by molar-refractivity contribution is 7.87. The molecule has 1 aliphatic heterocycles. The lowest BCUT2D eigenvalue weighted by Gasteiger charge is -2.18. The number of amidine groups is 1. The molecule has 0 aliphatic carbocycles. The van der Waals surface area contributed by atoms with Crippen molar-refractivity contribution < 1.29 is 26.5 Å². The molecule has 7 rings (SSSR count). The monoisotopic (exact) mass is 654 g/mol. The summed E-state index contributed by atoms with van der Waals surface area (Å²) in [5.74, 6) is 1.72. The third-order valence-electron chi connectivity index (χ3n) is 7.45. The second-order valence-corrected chi connectivity index (χ2v) is 12.1. The number of anilines is 1. The number of nitrogens with zero attached hydrogens (tertiary/aromatic N) is 4. The Balaban J connectivity index is 1.14. The molecule has 1 aliphatic rings. The number of methoxy groups -OCH3 is 1. The molecule has 0 spiro atoms. The van der Waals surface area contributed by atoms with Gasteiger partial charge in [-0.2, -0.15) is 8.42 Å². The lowest BCUT2D eigenvalue weighted by Crippen LogP contribution is -2.32. The van der Waals surface area contributed by atoms with Gasteiger partial charge in [0.05, 0.1) is 12.8 Å². The van der Waals surface area contributed by atoms with Crippen molar-refractivity contribution in [1.29, 1.82) is 0 Å². The van der Waals surface area contributed by atoms with E-state index in [2.05, 4.69) is 10.2 Å². The number of rotatable bonds is 9. The Hall–Kier alpha value is -6.33. The van der Waals surface area contributed by atoms with Crippen LogP contribution < -0.4 is 13.8 Å². The average molecular weight is 655 g/mol. The molecule has 1 amide bonds. The quantitative estimate of drug-likeness (QED) is 0.120. The van der Waals surface area contributed by atoms with Crippen molar-refractivity contribution in [3.63, 3.8) is 0 Å². The number of ether oxygens (including phenoxy) is 1. The Morgan fingerprint density at radius 3 is 1.83 bits per heavy atom. The zero-order chi connectivity index (χ0) is 33.1. The largest absolute Gasteiger partial charge is 0.497 e. The Kier molecular flexibility index (Phi) is 8.10. The van der Waals surface area contributed by atoms with Crippen molar-refractivity contribution in [2.75, 3.05) is 12.0 Å². The second kappa shape index (κ2) is 12.8. The summed E-state index contributed by atoms with van der Waals surface area (Å²) < 4.78 is 41.7. The van der Waals surface area contributed by atoms with Crippen LogP contribution in [0.25, 0.3) is 29.0 Å². The summed E-state index contributed by atoms with van der Waals surface area (Å²) in [6, 6.07) is 38.2. The smallest absolute Gasteiger partial charge is 0.339 e. The van der Waals surface area contributed by atoms with Crippen LogP contribution in [0.15, 0.2) is 153 Å². The molecule has 0 saturated heterocycles. The summed E-state index contributed by atoms with van der Waals surface area (Å²) in [6.07, 6.45) is 1.65. The molecule has 0 unspecified atom stereocenters. The number of amides is 1. The van der Waals surface area contributed by atoms with E-state index in [9.17, 15) is 13.2 Å². The van der Waals surface area contributed by atoms with Gasteiger partial charge in [0.15, 0.2) is 0 Å². The summed E-state index contributed by atoms with van der Waals surface area (Å²) in [6.45, 7) is 0. The zero-order valence-corrected chi connectivity index (χ0v) is 26.2. The Morgan fingerprint density at radius 2 is 1.23 bits per heavy atom. The van der Waals surface area contributed by atoms with E-state index in [0.717, 1.165) is 16.9 Å². The highest BCUT2D eigenvalue weighted by Crippen LogP contribution is 2.31. The predicted molar refractivity (Wildman–Crippen MR) is 181 cm³/mol. The van der Waals surface area contributed by atoms with Crippen LogP contribution in [-0.2, 0) is 14.9 Å². The molecule has 6 aromatic rings. The maximum atomic E-state index is 13.9. The molecule has 0 atom stereocenters. The van der Waals surface area contributed by atoms with Gasteiger partial charge in [0, 0.05) is 16.7 Å². The number of benzene rings is 5. The number of hydrogen-bond acceptors (Lipinski definition) is 9. The minimum absolute atomic E-state index is 0.0547. The third-order valence-corrected chi connectivity index (χ3v) is 8.71. The van der Waals surface area contributed by atoms with Gasteiger partial charge in [-0.05, 0) is 84.4 Å². The fourth-order valence-corrected chi connectivity index (χ4v) is 5.97. The van der Waals surface area contributed by atoms with Crippen molar-refractivity contribution in [3.8, 4) is 34.4 Å². The summed E-state index contributed by atoms with van der Waals surface area (Å²) in [4.78, 5) is 20.2. The lowest BCUT2D eigenvalue weighted by molar-refractivity contribution is -0.113. The van der Waals surface area contributed by atoms with Gasteiger partial charge in [0.2, 0.25) is 11.8 Å². The van der Waals surface area contributed by atoms with Crippen LogP contribution in [0.5, 0.6) is 11.5 Å². The van der Waals surface area contributed by atoms with Crippen molar-refractivity contribution in [2.24, 2.45) is 4.99 Å². The first-order chi connectivity index (χ1) is 23.4. The van der Waals surface area contributed by atoms with E-state index < -0.39 is 10.1 Å². The van der Waals surface area contributed by atoms with Gasteiger partial charge in [-0.3, -0.25) is 9.69 Å². The highest BCUT2D eigenvalue weighted by Gasteiger charge is 2.32. The summed E-state index contributed by atoms with van der Waals surface area (Å²) in [7, 11) is -2.38. The maximum absolute atomic E-state index is 13.9. The number of hydrogen-bond donors (Lipinski definition) is 0. The number of aromatic nitrogens is 2. The topological polar surface area (TPSA) is 124 Å². The molecule has 10 nitrogen and oxygen atoms in total. The minimum Gasteiger partial charge on any atom is -0.497 e. The third kappa shape index (κ3) is 6.22. The summed E-state index contributed by atoms with van der Waals surface area (Å²) in [5.41, 5.74) is 3.65. The Morgan fingerprint density at radius 1 is 0.667 bits per heavy atom. The molecular formula is C37H26N4O6S. The molecule has 48 heavy (non-hydrogen) atoms. The van der Waals surface area contributed by atoms with Gasteiger partial charge in [0.25, 0.3) is 5.91 Å². The first kappa shape index (κ1) is 30.3. The van der Waals surface area contributed by atoms with Crippen LogP contribution in [0.3, 0.4) is 0 Å². The summed E-state index contributed by atoms with van der Waals surface area (Å²) in [5, 5.41) is 8.39. The Bertz CT molecular complexity index is 2250. The molecule has 0 fully saturated rings. The van der Waals surface area contributed by atoms with Crippen LogP contribution in [0.1, 0.15) is 11.1 Å². The molecule has 236 valence electrons. The number of carbonyl (C=O) groups is 1. The van der Waals surface area contributed by atoms with Gasteiger partial charge < -0.3 is 13.3 Å². The van der Waals surface area contributed by atoms with Crippen molar-refractivity contribution in [2.45, 2.75) is 4.90 Å². The minimum atomic E-state index is -3.98. The molecule has 0 N–H and O–H groups in total. The first-order valence-corrected chi connectivity index (χ1v) is 16.2. The van der Waals surface area contributed by atoms with Crippen molar-refractivity contribution >= 4 is 33.6 Å². The van der Waals surface area contributed by atoms with E-state index in [0.29, 0.717) is 34.4 Å². The lowest BCUT2D eigenvalue weighted by atomic mass is 10.1. The number of carbonyl (C=O) groups excluding carboxylic acids is 1. The molecular weight excluding hydrogens is 628 g/mol. The molecule has 1 aromatic heterocycles. The normalized spacial score (nSPS) is 13.9. The molecule has 0 radical (unpaired) electrons. The molecule has 2 heterocycles. The van der Waals surface area contributed by atoms with Gasteiger partial charge in [-0.15, -0.1) is 10.2 Å². The van der Waals surface area contributed by atoms with Crippen LogP contribution in [-0.4, -0.2) is 37.5 Å². The zero-order valence-electron chi connectivity index (χ0n) is 25.4. The van der Waals surface area contributed by atoms with E-state index in [1.54, 1.807) is 72.7 Å². The van der Waals surface area contributed by atoms with E-state index in [1.807, 2.05) is 54.6 Å². The van der Waals surface area contributed by atoms with E-state index in [1.165, 1.54) is 24.3 Å². The number of aliphatic imine (C=N–C) groups is 1. The SMILES string of the molecule is COc1ccc(-c2nnc(-c3ccc(N4C(=O)/C(=C/c5ccc(OS(=O)(=O)c6ccccc6)cc5)N=C4c4ccccc4)cc3)o2)cc1. The molecule has 0 saturated carbocycles. The molecule has 11 heteroatoms. The Labute approximate surface area is 276 Å². The van der Waals surface area contributed by atoms with Crippen LogP contribution in [0.2, 0.25) is 0 Å². The maximum Gasteiger partial charge on any atom is 0.339 e. The summed E-state index contributed by atoms with van der Waals surface area (Å²) >= 11 is 0.